The number of nitrogens with zero attached hydrogens (tertiary/aromatic N) is 3. The number of nitriles is 1. The second kappa shape index (κ2) is 7.30. The van der Waals surface area contributed by atoms with Gasteiger partial charge >= 0.3 is 0 Å². The molecule has 0 bridgehead atoms. The number of sulfonamides is 1. The summed E-state index contributed by atoms with van der Waals surface area (Å²) in [5.74, 6) is 0. The Hall–Kier alpha value is -2.95. The molecule has 0 aliphatic heterocycles. The highest BCUT2D eigenvalue weighted by atomic mass is 32.2. The van der Waals surface area contributed by atoms with E-state index in [9.17, 15) is 8.42 Å². The van der Waals surface area contributed by atoms with Crippen molar-refractivity contribution >= 4 is 10.0 Å². The maximum Gasteiger partial charge on any atom is 0.242 e. The van der Waals surface area contributed by atoms with Gasteiger partial charge in [-0.25, -0.2) is 13.1 Å². The van der Waals surface area contributed by atoms with Gasteiger partial charge in [-0.05, 0) is 29.3 Å². The normalized spacial score (nSPS) is 11.2. The number of hydrogen-bond donors (Lipinski definition) is 1. The van der Waals surface area contributed by atoms with Crippen LogP contribution >= 0.6 is 0 Å². The van der Waals surface area contributed by atoms with Gasteiger partial charge in [-0.15, -0.1) is 0 Å². The highest BCUT2D eigenvalue weighted by Crippen LogP contribution is 2.15. The van der Waals surface area contributed by atoms with E-state index in [0.717, 1.165) is 11.1 Å². The van der Waals surface area contributed by atoms with Crippen molar-refractivity contribution in [3.05, 3.63) is 83.7 Å². The van der Waals surface area contributed by atoms with Gasteiger partial charge in [-0.2, -0.15) is 10.4 Å². The number of nitrogens with one attached hydrogen (secondary N) is 1. The van der Waals surface area contributed by atoms with Crippen molar-refractivity contribution in [1.82, 2.24) is 14.5 Å². The van der Waals surface area contributed by atoms with Crippen LogP contribution in [0.15, 0.2) is 71.9 Å². The summed E-state index contributed by atoms with van der Waals surface area (Å²) in [6.07, 6.45) is 3.61. The number of aromatic nitrogens is 2. The lowest BCUT2D eigenvalue weighted by atomic mass is 10.1. The van der Waals surface area contributed by atoms with E-state index in [1.54, 1.807) is 18.3 Å². The first-order chi connectivity index (χ1) is 12.1. The van der Waals surface area contributed by atoms with Crippen LogP contribution in [0.3, 0.4) is 0 Å². The van der Waals surface area contributed by atoms with Crippen molar-refractivity contribution in [2.45, 2.75) is 18.0 Å². The summed E-state index contributed by atoms with van der Waals surface area (Å²) in [5.41, 5.74) is 2.04. The third-order valence-electron chi connectivity index (χ3n) is 3.69. The van der Waals surface area contributed by atoms with E-state index in [1.807, 2.05) is 47.3 Å². The van der Waals surface area contributed by atoms with E-state index in [2.05, 4.69) is 9.82 Å². The topological polar surface area (TPSA) is 87.8 Å². The zero-order valence-corrected chi connectivity index (χ0v) is 14.1. The molecule has 0 saturated heterocycles. The average Bonchev–Trinajstić information content (AvgIpc) is 3.14. The number of rotatable bonds is 6. The van der Waals surface area contributed by atoms with Gasteiger partial charge in [0.1, 0.15) is 6.07 Å². The smallest absolute Gasteiger partial charge is 0.242 e. The van der Waals surface area contributed by atoms with Crippen LogP contribution in [0.5, 0.6) is 0 Å². The van der Waals surface area contributed by atoms with Crippen molar-refractivity contribution in [3.8, 4) is 6.07 Å². The minimum atomic E-state index is -3.74. The zero-order chi connectivity index (χ0) is 17.7. The minimum Gasteiger partial charge on any atom is -0.268 e. The van der Waals surface area contributed by atoms with Crippen LogP contribution in [0, 0.1) is 11.3 Å². The number of benzene rings is 2. The Balaban J connectivity index is 1.68. The molecule has 2 aromatic carbocycles. The average molecular weight is 352 g/mol. The van der Waals surface area contributed by atoms with Gasteiger partial charge in [0.15, 0.2) is 0 Å². The Bertz CT molecular complexity index is 988. The summed E-state index contributed by atoms with van der Waals surface area (Å²) >= 11 is 0. The van der Waals surface area contributed by atoms with Crippen LogP contribution in [-0.2, 0) is 23.1 Å². The molecule has 7 heteroatoms. The summed E-state index contributed by atoms with van der Waals surface area (Å²) in [6, 6.07) is 17.5. The highest BCUT2D eigenvalue weighted by Gasteiger charge is 2.17. The van der Waals surface area contributed by atoms with Crippen LogP contribution in [0.25, 0.3) is 0 Å². The van der Waals surface area contributed by atoms with Crippen molar-refractivity contribution in [2.24, 2.45) is 0 Å². The first-order valence-corrected chi connectivity index (χ1v) is 9.11. The fourth-order valence-electron chi connectivity index (χ4n) is 2.39. The molecule has 0 aliphatic rings. The first-order valence-electron chi connectivity index (χ1n) is 7.62. The van der Waals surface area contributed by atoms with Crippen LogP contribution in [0.2, 0.25) is 0 Å². The molecule has 0 saturated carbocycles. The fraction of sp³-hybridized carbons (Fsp3) is 0.111. The Kier molecular flexibility index (Phi) is 4.93. The first kappa shape index (κ1) is 16.9. The Labute approximate surface area is 146 Å². The molecule has 0 spiro atoms. The van der Waals surface area contributed by atoms with Gasteiger partial charge < -0.3 is 0 Å². The van der Waals surface area contributed by atoms with E-state index in [4.69, 9.17) is 5.26 Å². The second-order valence-electron chi connectivity index (χ2n) is 5.45. The van der Waals surface area contributed by atoms with E-state index in [-0.39, 0.29) is 17.0 Å². The molecule has 0 fully saturated rings. The minimum absolute atomic E-state index is 0.00666. The van der Waals surface area contributed by atoms with Gasteiger partial charge in [0.2, 0.25) is 10.0 Å². The predicted molar refractivity (Wildman–Crippen MR) is 93.0 cm³/mol. The molecule has 1 aromatic heterocycles. The molecule has 0 amide bonds. The van der Waals surface area contributed by atoms with Gasteiger partial charge in [0.05, 0.1) is 17.0 Å². The number of hydrogen-bond acceptors (Lipinski definition) is 4. The molecule has 1 heterocycles. The molecule has 0 aliphatic carbocycles. The largest absolute Gasteiger partial charge is 0.268 e. The van der Waals surface area contributed by atoms with Crippen molar-refractivity contribution < 1.29 is 8.42 Å². The van der Waals surface area contributed by atoms with Gasteiger partial charge in [-0.1, -0.05) is 36.4 Å². The molecule has 6 nitrogen and oxygen atoms in total. The standard InChI is InChI=1S/C18H16N4O2S/c19-12-17-4-1-2-5-18(17)25(23,24)21-13-15-6-8-16(9-7-15)14-22-11-3-10-20-22/h1-11,21H,13-14H2. The van der Waals surface area contributed by atoms with Crippen LogP contribution in [-0.4, -0.2) is 18.2 Å². The van der Waals surface area contributed by atoms with Gasteiger partial charge in [-0.3, -0.25) is 4.68 Å². The third kappa shape index (κ3) is 4.12. The van der Waals surface area contributed by atoms with Crippen LogP contribution < -0.4 is 4.72 Å². The quantitative estimate of drug-likeness (QED) is 0.737. The Morgan fingerprint density at radius 3 is 2.44 bits per heavy atom. The fourth-order valence-corrected chi connectivity index (χ4v) is 3.57. The van der Waals surface area contributed by atoms with Crippen LogP contribution in [0.4, 0.5) is 0 Å². The Morgan fingerprint density at radius 1 is 1.04 bits per heavy atom. The van der Waals surface area contributed by atoms with Crippen molar-refractivity contribution in [3.63, 3.8) is 0 Å². The van der Waals surface area contributed by atoms with Crippen molar-refractivity contribution in [1.29, 1.82) is 5.26 Å². The van der Waals surface area contributed by atoms with Gasteiger partial charge in [0, 0.05) is 18.9 Å². The van der Waals surface area contributed by atoms with E-state index < -0.39 is 10.0 Å². The highest BCUT2D eigenvalue weighted by molar-refractivity contribution is 7.89. The van der Waals surface area contributed by atoms with Gasteiger partial charge in [0.25, 0.3) is 0 Å². The molecular formula is C18H16N4O2S. The lowest BCUT2D eigenvalue weighted by molar-refractivity contribution is 0.581. The molecule has 0 atom stereocenters. The Morgan fingerprint density at radius 2 is 1.76 bits per heavy atom. The molecule has 0 radical (unpaired) electrons. The summed E-state index contributed by atoms with van der Waals surface area (Å²) in [5, 5.41) is 13.2. The molecule has 25 heavy (non-hydrogen) atoms. The summed E-state index contributed by atoms with van der Waals surface area (Å²) < 4.78 is 29.1. The molecule has 3 rings (SSSR count). The van der Waals surface area contributed by atoms with E-state index in [1.165, 1.54) is 12.1 Å². The molecule has 126 valence electrons. The molecule has 1 N–H and O–H groups in total. The SMILES string of the molecule is N#Cc1ccccc1S(=O)(=O)NCc1ccc(Cn2cccn2)cc1. The summed E-state index contributed by atoms with van der Waals surface area (Å²) in [7, 11) is -3.74. The van der Waals surface area contributed by atoms with Crippen LogP contribution in [0.1, 0.15) is 16.7 Å². The molecule has 3 aromatic rings. The summed E-state index contributed by atoms with van der Waals surface area (Å²) in [6.45, 7) is 0.818. The summed E-state index contributed by atoms with van der Waals surface area (Å²) in [4.78, 5) is -0.00666. The lowest BCUT2D eigenvalue weighted by Crippen LogP contribution is -2.24. The van der Waals surface area contributed by atoms with E-state index in [0.29, 0.717) is 6.54 Å². The molecular weight excluding hydrogens is 336 g/mol. The van der Waals surface area contributed by atoms with Crippen molar-refractivity contribution in [2.75, 3.05) is 0 Å². The predicted octanol–water partition coefficient (Wildman–Crippen LogP) is 2.28. The maximum absolute atomic E-state index is 12.4. The lowest BCUT2D eigenvalue weighted by Gasteiger charge is -2.09. The maximum atomic E-state index is 12.4. The second-order valence-corrected chi connectivity index (χ2v) is 7.19. The van der Waals surface area contributed by atoms with E-state index >= 15 is 0 Å². The third-order valence-corrected chi connectivity index (χ3v) is 5.15. The molecule has 0 unspecified atom stereocenters. The monoisotopic (exact) mass is 352 g/mol. The zero-order valence-electron chi connectivity index (χ0n) is 13.3.